The first kappa shape index (κ1) is 15.1. The number of anilines is 1. The third-order valence-electron chi connectivity index (χ3n) is 2.42. The molecule has 0 atom stereocenters. The summed E-state index contributed by atoms with van der Waals surface area (Å²) in [6, 6.07) is 1.46. The van der Waals surface area contributed by atoms with Gasteiger partial charge >= 0.3 is 5.97 Å². The molecule has 0 aliphatic heterocycles. The van der Waals surface area contributed by atoms with Crippen molar-refractivity contribution in [2.45, 2.75) is 19.3 Å². The number of hydrogen-bond acceptors (Lipinski definition) is 4. The quantitative estimate of drug-likeness (QED) is 0.718. The molecule has 0 spiro atoms. The van der Waals surface area contributed by atoms with E-state index in [1.165, 1.54) is 24.4 Å². The van der Waals surface area contributed by atoms with Crippen molar-refractivity contribution in [2.24, 2.45) is 0 Å². The third-order valence-corrected chi connectivity index (χ3v) is 3.42. The molecule has 0 bridgehead atoms. The predicted octanol–water partition coefficient (Wildman–Crippen LogP) is 3.38. The van der Waals surface area contributed by atoms with Gasteiger partial charge in [-0.25, -0.2) is 9.78 Å². The molecule has 0 aliphatic rings. The van der Waals surface area contributed by atoms with Crippen LogP contribution in [0, 0.1) is 0 Å². The van der Waals surface area contributed by atoms with Crippen LogP contribution in [0.3, 0.4) is 0 Å². The van der Waals surface area contributed by atoms with E-state index >= 15 is 0 Å². The van der Waals surface area contributed by atoms with Crippen LogP contribution < -0.4 is 5.32 Å². The van der Waals surface area contributed by atoms with E-state index in [0.717, 1.165) is 19.4 Å². The van der Waals surface area contributed by atoms with Crippen LogP contribution in [0.25, 0.3) is 0 Å². The van der Waals surface area contributed by atoms with Crippen molar-refractivity contribution in [3.8, 4) is 0 Å². The van der Waals surface area contributed by atoms with Crippen LogP contribution in [-0.2, 0) is 0 Å². The molecule has 0 aromatic carbocycles. The van der Waals surface area contributed by atoms with Crippen LogP contribution in [0.4, 0.5) is 5.82 Å². The number of aromatic nitrogens is 1. The van der Waals surface area contributed by atoms with Gasteiger partial charge in [-0.05, 0) is 30.9 Å². The number of carbonyl (C=O) groups is 1. The van der Waals surface area contributed by atoms with Gasteiger partial charge in [-0.3, -0.25) is 0 Å². The molecule has 0 unspecified atom stereocenters. The Bertz CT molecular complexity index is 402. The molecule has 0 saturated carbocycles. The second-order valence-electron chi connectivity index (χ2n) is 3.83. The van der Waals surface area contributed by atoms with E-state index in [1.54, 1.807) is 0 Å². The van der Waals surface area contributed by atoms with Crippen molar-refractivity contribution in [1.29, 1.82) is 0 Å². The van der Waals surface area contributed by atoms with Crippen LogP contribution >= 0.6 is 23.4 Å². The highest BCUT2D eigenvalue weighted by Gasteiger charge is 2.09. The highest BCUT2D eigenvalue weighted by atomic mass is 35.5. The number of halogens is 1. The summed E-state index contributed by atoms with van der Waals surface area (Å²) in [5.74, 6) is 0.703. The summed E-state index contributed by atoms with van der Waals surface area (Å²) in [7, 11) is 0. The summed E-state index contributed by atoms with van der Waals surface area (Å²) < 4.78 is 0. The summed E-state index contributed by atoms with van der Waals surface area (Å²) in [5, 5.41) is 12.2. The van der Waals surface area contributed by atoms with E-state index in [0.29, 0.717) is 5.82 Å². The van der Waals surface area contributed by atoms with E-state index in [1.807, 2.05) is 11.8 Å². The number of nitrogens with zero attached hydrogens (tertiary/aromatic N) is 1. The summed E-state index contributed by atoms with van der Waals surface area (Å²) in [6.45, 7) is 0.794. The number of unbranched alkanes of at least 4 members (excludes halogenated alkanes) is 2. The summed E-state index contributed by atoms with van der Waals surface area (Å²) >= 11 is 7.59. The van der Waals surface area contributed by atoms with Crippen molar-refractivity contribution in [3.63, 3.8) is 0 Å². The van der Waals surface area contributed by atoms with E-state index in [-0.39, 0.29) is 10.6 Å². The summed E-state index contributed by atoms with van der Waals surface area (Å²) in [6.07, 6.45) is 6.88. The minimum atomic E-state index is -1.04. The molecular formula is C12H17ClN2O2S. The molecule has 1 rings (SSSR count). The Kier molecular flexibility index (Phi) is 6.90. The lowest BCUT2D eigenvalue weighted by molar-refractivity contribution is 0.0697. The van der Waals surface area contributed by atoms with E-state index in [2.05, 4.69) is 16.6 Å². The second kappa shape index (κ2) is 8.21. The molecule has 1 heterocycles. The van der Waals surface area contributed by atoms with Crippen LogP contribution in [0.5, 0.6) is 0 Å². The van der Waals surface area contributed by atoms with Gasteiger partial charge in [-0.1, -0.05) is 18.0 Å². The zero-order chi connectivity index (χ0) is 13.4. The highest BCUT2D eigenvalue weighted by Crippen LogP contribution is 2.17. The van der Waals surface area contributed by atoms with E-state index in [9.17, 15) is 4.79 Å². The van der Waals surface area contributed by atoms with Gasteiger partial charge in [0.25, 0.3) is 0 Å². The van der Waals surface area contributed by atoms with Gasteiger partial charge in [0, 0.05) is 12.7 Å². The lowest BCUT2D eigenvalue weighted by atomic mass is 10.2. The lowest BCUT2D eigenvalue weighted by Gasteiger charge is -2.06. The van der Waals surface area contributed by atoms with Gasteiger partial charge in [0.05, 0.1) is 10.6 Å². The fourth-order valence-corrected chi connectivity index (χ4v) is 2.14. The van der Waals surface area contributed by atoms with Crippen LogP contribution in [0.15, 0.2) is 12.3 Å². The smallest absolute Gasteiger partial charge is 0.337 e. The Morgan fingerprint density at radius 3 is 2.94 bits per heavy atom. The van der Waals surface area contributed by atoms with Gasteiger partial charge in [0.1, 0.15) is 5.82 Å². The molecule has 18 heavy (non-hydrogen) atoms. The fraction of sp³-hybridized carbons (Fsp3) is 0.500. The summed E-state index contributed by atoms with van der Waals surface area (Å²) in [4.78, 5) is 14.9. The van der Waals surface area contributed by atoms with Gasteiger partial charge in [-0.15, -0.1) is 0 Å². The highest BCUT2D eigenvalue weighted by molar-refractivity contribution is 7.98. The van der Waals surface area contributed by atoms with Crippen molar-refractivity contribution < 1.29 is 9.90 Å². The SMILES string of the molecule is CSCCCCCNc1cc(C(=O)O)c(Cl)cn1. The van der Waals surface area contributed by atoms with Crippen molar-refractivity contribution in [3.05, 3.63) is 22.8 Å². The molecule has 1 aromatic rings. The number of hydrogen-bond donors (Lipinski definition) is 2. The minimum absolute atomic E-state index is 0.0801. The number of nitrogens with one attached hydrogen (secondary N) is 1. The Labute approximate surface area is 116 Å². The molecule has 0 fully saturated rings. The van der Waals surface area contributed by atoms with Crippen LogP contribution in [0.2, 0.25) is 5.02 Å². The van der Waals surface area contributed by atoms with Crippen molar-refractivity contribution in [2.75, 3.05) is 23.9 Å². The van der Waals surface area contributed by atoms with Crippen molar-refractivity contribution in [1.82, 2.24) is 4.98 Å². The average molecular weight is 289 g/mol. The van der Waals surface area contributed by atoms with Crippen LogP contribution in [0.1, 0.15) is 29.6 Å². The molecule has 0 amide bonds. The summed E-state index contributed by atoms with van der Waals surface area (Å²) in [5.41, 5.74) is 0.0801. The van der Waals surface area contributed by atoms with Crippen LogP contribution in [-0.4, -0.2) is 34.6 Å². The van der Waals surface area contributed by atoms with Crippen molar-refractivity contribution >= 4 is 35.1 Å². The van der Waals surface area contributed by atoms with Gasteiger partial charge in [-0.2, -0.15) is 11.8 Å². The Balaban J connectivity index is 2.38. The molecule has 1 aromatic heterocycles. The van der Waals surface area contributed by atoms with E-state index < -0.39 is 5.97 Å². The first-order chi connectivity index (χ1) is 8.65. The monoisotopic (exact) mass is 288 g/mol. The number of carboxylic acids is 1. The minimum Gasteiger partial charge on any atom is -0.478 e. The molecule has 0 saturated heterocycles. The standard InChI is InChI=1S/C12H17ClN2O2S/c1-18-6-4-2-3-5-14-11-7-9(12(16)17)10(13)8-15-11/h7-8H,2-6H2,1H3,(H,14,15)(H,16,17). The Morgan fingerprint density at radius 2 is 2.28 bits per heavy atom. The molecule has 2 N–H and O–H groups in total. The zero-order valence-corrected chi connectivity index (χ0v) is 11.9. The van der Waals surface area contributed by atoms with Gasteiger partial charge in [0.2, 0.25) is 0 Å². The number of rotatable bonds is 8. The van der Waals surface area contributed by atoms with E-state index in [4.69, 9.17) is 16.7 Å². The maximum Gasteiger partial charge on any atom is 0.337 e. The third kappa shape index (κ3) is 5.14. The first-order valence-electron chi connectivity index (χ1n) is 5.77. The first-order valence-corrected chi connectivity index (χ1v) is 7.54. The largest absolute Gasteiger partial charge is 0.478 e. The zero-order valence-electron chi connectivity index (χ0n) is 10.3. The number of pyridine rings is 1. The Morgan fingerprint density at radius 1 is 1.50 bits per heavy atom. The molecular weight excluding hydrogens is 272 g/mol. The predicted molar refractivity (Wildman–Crippen MR) is 76.9 cm³/mol. The molecule has 0 radical (unpaired) electrons. The topological polar surface area (TPSA) is 62.2 Å². The molecule has 6 heteroatoms. The normalized spacial score (nSPS) is 10.3. The number of carboxylic acid groups (broad SMARTS) is 1. The molecule has 4 nitrogen and oxygen atoms in total. The maximum absolute atomic E-state index is 10.9. The Hall–Kier alpha value is -0.940. The maximum atomic E-state index is 10.9. The number of aromatic carboxylic acids is 1. The van der Waals surface area contributed by atoms with Gasteiger partial charge in [0.15, 0.2) is 0 Å². The lowest BCUT2D eigenvalue weighted by Crippen LogP contribution is -2.06. The molecule has 0 aliphatic carbocycles. The molecule has 100 valence electrons. The second-order valence-corrected chi connectivity index (χ2v) is 5.23. The van der Waals surface area contributed by atoms with Gasteiger partial charge < -0.3 is 10.4 Å². The fourth-order valence-electron chi connectivity index (χ4n) is 1.46. The number of thioether (sulfide) groups is 1. The average Bonchev–Trinajstić information content (AvgIpc) is 2.35.